The fraction of sp³-hybridized carbons (Fsp3) is 0.522. The SMILES string of the molecule is COC1CC(COc2cc(-n3nc(C4CC4)c4cnc(NC(C)=O)cc43)nc(C(C)(F)F)n2)C1. The lowest BCUT2D eigenvalue weighted by atomic mass is 9.83. The second kappa shape index (κ2) is 8.53. The van der Waals surface area contributed by atoms with Crippen molar-refractivity contribution >= 4 is 22.6 Å². The number of nitrogens with zero attached hydrogens (tertiary/aromatic N) is 5. The minimum atomic E-state index is -3.27. The third-order valence-corrected chi connectivity index (χ3v) is 6.15. The molecule has 5 rings (SSSR count). The Morgan fingerprint density at radius 3 is 2.68 bits per heavy atom. The first kappa shape index (κ1) is 22.6. The highest BCUT2D eigenvalue weighted by atomic mass is 19.3. The number of amides is 1. The maximum absolute atomic E-state index is 14.3. The van der Waals surface area contributed by atoms with Crippen molar-refractivity contribution in [3.8, 4) is 11.7 Å². The molecule has 34 heavy (non-hydrogen) atoms. The molecule has 0 aromatic carbocycles. The van der Waals surface area contributed by atoms with E-state index >= 15 is 0 Å². The van der Waals surface area contributed by atoms with Gasteiger partial charge in [-0.2, -0.15) is 18.9 Å². The molecule has 1 amide bonds. The van der Waals surface area contributed by atoms with Crippen molar-refractivity contribution in [3.05, 3.63) is 29.8 Å². The number of anilines is 1. The molecule has 2 aliphatic carbocycles. The quantitative estimate of drug-likeness (QED) is 0.529. The average Bonchev–Trinajstić information content (AvgIpc) is 3.52. The second-order valence-electron chi connectivity index (χ2n) is 9.12. The molecule has 0 bridgehead atoms. The van der Waals surface area contributed by atoms with Gasteiger partial charge in [0, 0.05) is 50.6 Å². The van der Waals surface area contributed by atoms with Crippen molar-refractivity contribution in [1.82, 2.24) is 24.7 Å². The number of rotatable bonds is 8. The van der Waals surface area contributed by atoms with Crippen molar-refractivity contribution in [3.63, 3.8) is 0 Å². The molecule has 0 spiro atoms. The summed E-state index contributed by atoms with van der Waals surface area (Å²) in [6, 6.07) is 3.19. The van der Waals surface area contributed by atoms with E-state index in [-0.39, 0.29) is 35.5 Å². The van der Waals surface area contributed by atoms with Crippen molar-refractivity contribution in [1.29, 1.82) is 0 Å². The lowest BCUT2D eigenvalue weighted by Gasteiger charge is -2.33. The molecule has 11 heteroatoms. The molecule has 3 aromatic heterocycles. The van der Waals surface area contributed by atoms with Crippen LogP contribution in [-0.2, 0) is 15.5 Å². The van der Waals surface area contributed by atoms with Crippen LogP contribution in [0.15, 0.2) is 18.3 Å². The molecule has 0 saturated heterocycles. The summed E-state index contributed by atoms with van der Waals surface area (Å²) in [6.45, 7) is 2.49. The zero-order valence-electron chi connectivity index (χ0n) is 19.2. The molecule has 2 fully saturated rings. The van der Waals surface area contributed by atoms with Gasteiger partial charge in [0.05, 0.1) is 23.9 Å². The van der Waals surface area contributed by atoms with Gasteiger partial charge in [-0.25, -0.2) is 14.6 Å². The fourth-order valence-electron chi connectivity index (χ4n) is 4.11. The van der Waals surface area contributed by atoms with Crippen molar-refractivity contribution < 1.29 is 23.0 Å². The van der Waals surface area contributed by atoms with Gasteiger partial charge < -0.3 is 14.8 Å². The standard InChI is InChI=1S/C23H26F2N6O3/c1-12(32)27-18-8-17-16(10-26-18)21(14-4-5-14)30-31(17)19-9-20(29-22(28-19)23(2,24)25)34-11-13-6-15(7-13)33-3/h8-10,13-15H,4-7,11H2,1-3H3,(H,26,27,32). The first-order chi connectivity index (χ1) is 16.2. The smallest absolute Gasteiger partial charge is 0.304 e. The maximum atomic E-state index is 14.3. The third kappa shape index (κ3) is 4.56. The number of alkyl halides is 2. The number of carbonyl (C=O) groups excluding carboxylic acids is 1. The van der Waals surface area contributed by atoms with E-state index in [4.69, 9.17) is 14.6 Å². The minimum Gasteiger partial charge on any atom is -0.477 e. The number of aromatic nitrogens is 5. The normalized spacial score (nSPS) is 20.3. The lowest BCUT2D eigenvalue weighted by molar-refractivity contribution is -0.114. The van der Waals surface area contributed by atoms with Gasteiger partial charge in [-0.3, -0.25) is 4.79 Å². The van der Waals surface area contributed by atoms with Crippen LogP contribution in [-0.4, -0.2) is 50.5 Å². The van der Waals surface area contributed by atoms with Crippen LogP contribution in [0.5, 0.6) is 5.88 Å². The van der Waals surface area contributed by atoms with Crippen LogP contribution in [0, 0.1) is 5.92 Å². The molecule has 180 valence electrons. The third-order valence-electron chi connectivity index (χ3n) is 6.15. The Morgan fingerprint density at radius 2 is 2.03 bits per heavy atom. The second-order valence-corrected chi connectivity index (χ2v) is 9.12. The molecule has 3 aromatic rings. The Kier molecular flexibility index (Phi) is 5.67. The van der Waals surface area contributed by atoms with Gasteiger partial charge in [-0.05, 0) is 31.6 Å². The Bertz CT molecular complexity index is 1230. The Labute approximate surface area is 194 Å². The molecule has 2 saturated carbocycles. The number of pyridine rings is 1. The van der Waals surface area contributed by atoms with Gasteiger partial charge in [-0.1, -0.05) is 0 Å². The first-order valence-electron chi connectivity index (χ1n) is 11.3. The topological polar surface area (TPSA) is 104 Å². The summed E-state index contributed by atoms with van der Waals surface area (Å²) in [5.41, 5.74) is 1.44. The van der Waals surface area contributed by atoms with Crippen LogP contribution in [0.1, 0.15) is 57.0 Å². The van der Waals surface area contributed by atoms with Gasteiger partial charge >= 0.3 is 5.92 Å². The molecule has 0 unspecified atom stereocenters. The monoisotopic (exact) mass is 472 g/mol. The predicted octanol–water partition coefficient (Wildman–Crippen LogP) is 3.96. The molecule has 0 aliphatic heterocycles. The molecule has 2 aliphatic rings. The minimum absolute atomic E-state index is 0.0650. The van der Waals surface area contributed by atoms with E-state index in [1.54, 1.807) is 19.4 Å². The van der Waals surface area contributed by atoms with E-state index in [0.717, 1.165) is 43.7 Å². The summed E-state index contributed by atoms with van der Waals surface area (Å²) in [4.78, 5) is 23.9. The van der Waals surface area contributed by atoms with E-state index in [2.05, 4.69) is 20.3 Å². The number of hydrogen-bond donors (Lipinski definition) is 1. The number of ether oxygens (including phenoxy) is 2. The van der Waals surface area contributed by atoms with Crippen molar-refractivity contribution in [2.24, 2.45) is 5.92 Å². The predicted molar refractivity (Wildman–Crippen MR) is 119 cm³/mol. The lowest BCUT2D eigenvalue weighted by Crippen LogP contribution is -2.34. The van der Waals surface area contributed by atoms with E-state index < -0.39 is 11.7 Å². The Balaban J connectivity index is 1.54. The van der Waals surface area contributed by atoms with Crippen LogP contribution < -0.4 is 10.1 Å². The number of methoxy groups -OCH3 is 1. The number of hydrogen-bond acceptors (Lipinski definition) is 7. The van der Waals surface area contributed by atoms with Crippen LogP contribution in [0.4, 0.5) is 14.6 Å². The zero-order valence-corrected chi connectivity index (χ0v) is 19.2. The average molecular weight is 472 g/mol. The summed E-state index contributed by atoms with van der Waals surface area (Å²) >= 11 is 0. The summed E-state index contributed by atoms with van der Waals surface area (Å²) in [5, 5.41) is 8.15. The Morgan fingerprint density at radius 1 is 1.26 bits per heavy atom. The molecule has 0 atom stereocenters. The largest absolute Gasteiger partial charge is 0.477 e. The van der Waals surface area contributed by atoms with Gasteiger partial charge in [0.25, 0.3) is 0 Å². The first-order valence-corrected chi connectivity index (χ1v) is 11.3. The van der Waals surface area contributed by atoms with E-state index in [1.165, 1.54) is 17.7 Å². The number of carbonyl (C=O) groups is 1. The summed E-state index contributed by atoms with van der Waals surface area (Å²) in [6.07, 6.45) is 5.58. The zero-order chi connectivity index (χ0) is 24.0. The molecule has 1 N–H and O–H groups in total. The van der Waals surface area contributed by atoms with Crippen LogP contribution in [0.3, 0.4) is 0 Å². The van der Waals surface area contributed by atoms with Crippen molar-refractivity contribution in [2.75, 3.05) is 19.0 Å². The van der Waals surface area contributed by atoms with E-state index in [0.29, 0.717) is 17.9 Å². The van der Waals surface area contributed by atoms with Crippen LogP contribution in [0.25, 0.3) is 16.7 Å². The number of nitrogens with one attached hydrogen (secondary N) is 1. The van der Waals surface area contributed by atoms with E-state index in [1.807, 2.05) is 0 Å². The highest BCUT2D eigenvalue weighted by Gasteiger charge is 2.33. The fourth-order valence-corrected chi connectivity index (χ4v) is 4.11. The maximum Gasteiger partial charge on any atom is 0.304 e. The van der Waals surface area contributed by atoms with Gasteiger partial charge in [0.2, 0.25) is 17.6 Å². The van der Waals surface area contributed by atoms with Crippen LogP contribution in [0.2, 0.25) is 0 Å². The molecule has 9 nitrogen and oxygen atoms in total. The van der Waals surface area contributed by atoms with Crippen molar-refractivity contribution in [2.45, 2.75) is 57.5 Å². The van der Waals surface area contributed by atoms with Crippen LogP contribution >= 0.6 is 0 Å². The molecule has 0 radical (unpaired) electrons. The molecular weight excluding hydrogens is 446 g/mol. The summed E-state index contributed by atoms with van der Waals surface area (Å²) < 4.78 is 41.2. The molecule has 3 heterocycles. The van der Waals surface area contributed by atoms with Gasteiger partial charge in [0.1, 0.15) is 5.82 Å². The van der Waals surface area contributed by atoms with Gasteiger partial charge in [-0.15, -0.1) is 0 Å². The number of fused-ring (bicyclic) bond motifs is 1. The highest BCUT2D eigenvalue weighted by Crippen LogP contribution is 2.43. The molecular formula is C23H26F2N6O3. The Hall–Kier alpha value is -3.21. The van der Waals surface area contributed by atoms with E-state index in [9.17, 15) is 13.6 Å². The highest BCUT2D eigenvalue weighted by molar-refractivity contribution is 5.91. The number of halogens is 2. The summed E-state index contributed by atoms with van der Waals surface area (Å²) in [7, 11) is 1.67. The van der Waals surface area contributed by atoms with Gasteiger partial charge in [0.15, 0.2) is 5.82 Å². The summed E-state index contributed by atoms with van der Waals surface area (Å²) in [5.74, 6) is -3.03.